The molecule has 1 amide bonds. The smallest absolute Gasteiger partial charge is 0.256 e. The van der Waals surface area contributed by atoms with Crippen LogP contribution in [0.1, 0.15) is 24.2 Å². The topological polar surface area (TPSA) is 63.7 Å². The van der Waals surface area contributed by atoms with Gasteiger partial charge in [-0.3, -0.25) is 9.69 Å². The lowest BCUT2D eigenvalue weighted by Crippen LogP contribution is -2.55. The first-order valence-electron chi connectivity index (χ1n) is 7.14. The normalized spacial score (nSPS) is 16.5. The summed E-state index contributed by atoms with van der Waals surface area (Å²) in [7, 11) is 1.51. The Bertz CT molecular complexity index is 485. The summed E-state index contributed by atoms with van der Waals surface area (Å²) >= 11 is 0. The van der Waals surface area contributed by atoms with E-state index >= 15 is 0 Å². The van der Waals surface area contributed by atoms with Crippen molar-refractivity contribution < 1.29 is 14.3 Å². The van der Waals surface area contributed by atoms with Crippen molar-refractivity contribution >= 4 is 5.91 Å². The quantitative estimate of drug-likeness (QED) is 0.875. The lowest BCUT2D eigenvalue weighted by molar-refractivity contribution is -0.00924. The predicted molar refractivity (Wildman–Crippen MR) is 79.6 cm³/mol. The Hall–Kier alpha value is -1.66. The van der Waals surface area contributed by atoms with Crippen LogP contribution < -0.4 is 10.1 Å². The minimum atomic E-state index is -0.165. The molecule has 2 heterocycles. The summed E-state index contributed by atoms with van der Waals surface area (Å²) in [5, 5.41) is 2.97. The van der Waals surface area contributed by atoms with Gasteiger partial charge in [0.05, 0.1) is 20.3 Å². The maximum absolute atomic E-state index is 12.3. The van der Waals surface area contributed by atoms with Gasteiger partial charge in [0.15, 0.2) is 0 Å². The zero-order valence-corrected chi connectivity index (χ0v) is 12.9. The van der Waals surface area contributed by atoms with Crippen molar-refractivity contribution in [1.29, 1.82) is 0 Å². The van der Waals surface area contributed by atoms with Crippen molar-refractivity contribution in [2.75, 3.05) is 40.0 Å². The van der Waals surface area contributed by atoms with Gasteiger partial charge in [-0.05, 0) is 26.0 Å². The van der Waals surface area contributed by atoms with Gasteiger partial charge in [0, 0.05) is 31.4 Å². The van der Waals surface area contributed by atoms with Crippen LogP contribution in [0.25, 0.3) is 0 Å². The molecule has 21 heavy (non-hydrogen) atoms. The summed E-state index contributed by atoms with van der Waals surface area (Å²) in [6.07, 6.45) is 1.60. The molecule has 0 bridgehead atoms. The standard InChI is InChI=1S/C15H23N3O3/c1-15(2,18-7-9-21-10-8-18)11-17-13(19)12-5-4-6-16-14(12)20-3/h4-6H,7-11H2,1-3H3,(H,17,19). The van der Waals surface area contributed by atoms with Gasteiger partial charge in [-0.15, -0.1) is 0 Å². The second-order valence-electron chi connectivity index (χ2n) is 5.65. The van der Waals surface area contributed by atoms with Crippen LogP contribution in [0, 0.1) is 0 Å². The fourth-order valence-corrected chi connectivity index (χ4v) is 2.40. The number of rotatable bonds is 5. The Labute approximate surface area is 125 Å². The van der Waals surface area contributed by atoms with E-state index in [9.17, 15) is 4.79 Å². The molecule has 0 radical (unpaired) electrons. The largest absolute Gasteiger partial charge is 0.480 e. The summed E-state index contributed by atoms with van der Waals surface area (Å²) in [6.45, 7) is 8.07. The predicted octanol–water partition coefficient (Wildman–Crippen LogP) is 0.931. The van der Waals surface area contributed by atoms with Crippen LogP contribution in [-0.4, -0.2) is 61.3 Å². The highest BCUT2D eigenvalue weighted by Gasteiger charge is 2.29. The molecule has 1 aliphatic heterocycles. The van der Waals surface area contributed by atoms with E-state index in [0.717, 1.165) is 26.3 Å². The molecule has 1 N–H and O–H groups in total. The van der Waals surface area contributed by atoms with Gasteiger partial charge in [0.1, 0.15) is 5.56 Å². The lowest BCUT2D eigenvalue weighted by atomic mass is 10.0. The number of nitrogens with zero attached hydrogens (tertiary/aromatic N) is 2. The van der Waals surface area contributed by atoms with E-state index in [2.05, 4.69) is 29.0 Å². The molecular formula is C15H23N3O3. The summed E-state index contributed by atoms with van der Waals surface area (Å²) in [6, 6.07) is 3.44. The Morgan fingerprint density at radius 2 is 2.19 bits per heavy atom. The Balaban J connectivity index is 1.96. The highest BCUT2D eigenvalue weighted by atomic mass is 16.5. The zero-order valence-electron chi connectivity index (χ0n) is 12.9. The summed E-state index contributed by atoms with van der Waals surface area (Å²) < 4.78 is 10.5. The van der Waals surface area contributed by atoms with Gasteiger partial charge >= 0.3 is 0 Å². The van der Waals surface area contributed by atoms with Crippen LogP contribution in [0.4, 0.5) is 0 Å². The van der Waals surface area contributed by atoms with Crippen molar-refractivity contribution in [1.82, 2.24) is 15.2 Å². The molecule has 0 aliphatic carbocycles. The van der Waals surface area contributed by atoms with Crippen molar-refractivity contribution in [2.24, 2.45) is 0 Å². The molecule has 1 saturated heterocycles. The van der Waals surface area contributed by atoms with Crippen LogP contribution >= 0.6 is 0 Å². The molecule has 2 rings (SSSR count). The third-order valence-electron chi connectivity index (χ3n) is 3.76. The minimum absolute atomic E-state index is 0.116. The first-order valence-corrected chi connectivity index (χ1v) is 7.14. The number of carbonyl (C=O) groups excluding carboxylic acids is 1. The van der Waals surface area contributed by atoms with E-state index in [1.54, 1.807) is 18.3 Å². The first-order chi connectivity index (χ1) is 10.0. The maximum atomic E-state index is 12.3. The van der Waals surface area contributed by atoms with E-state index in [4.69, 9.17) is 9.47 Å². The lowest BCUT2D eigenvalue weighted by Gasteiger charge is -2.40. The fourth-order valence-electron chi connectivity index (χ4n) is 2.40. The summed E-state index contributed by atoms with van der Waals surface area (Å²) in [4.78, 5) is 18.7. The van der Waals surface area contributed by atoms with Crippen LogP contribution in [0.15, 0.2) is 18.3 Å². The van der Waals surface area contributed by atoms with Crippen molar-refractivity contribution in [3.8, 4) is 5.88 Å². The number of hydrogen-bond donors (Lipinski definition) is 1. The van der Waals surface area contributed by atoms with Crippen molar-refractivity contribution in [3.05, 3.63) is 23.9 Å². The van der Waals surface area contributed by atoms with Gasteiger partial charge in [-0.1, -0.05) is 0 Å². The Morgan fingerprint density at radius 3 is 2.86 bits per heavy atom. The number of ether oxygens (including phenoxy) is 2. The van der Waals surface area contributed by atoms with Crippen LogP contribution in [0.5, 0.6) is 5.88 Å². The first kappa shape index (κ1) is 15.7. The Kier molecular flexibility index (Phi) is 5.14. The molecule has 1 aromatic rings. The number of carbonyl (C=O) groups is 1. The SMILES string of the molecule is COc1ncccc1C(=O)NCC(C)(C)N1CCOCC1. The number of methoxy groups -OCH3 is 1. The number of pyridine rings is 1. The number of morpholine rings is 1. The molecule has 0 aromatic carbocycles. The molecular weight excluding hydrogens is 270 g/mol. The van der Waals surface area contributed by atoms with Gasteiger partial charge in [0.2, 0.25) is 5.88 Å². The van der Waals surface area contributed by atoms with Gasteiger partial charge in [-0.25, -0.2) is 4.98 Å². The maximum Gasteiger partial charge on any atom is 0.256 e. The van der Waals surface area contributed by atoms with Gasteiger partial charge in [0.25, 0.3) is 5.91 Å². The molecule has 116 valence electrons. The van der Waals surface area contributed by atoms with Crippen LogP contribution in [0.2, 0.25) is 0 Å². The molecule has 6 heteroatoms. The summed E-state index contributed by atoms with van der Waals surface area (Å²) in [5.41, 5.74) is 0.340. The van der Waals surface area contributed by atoms with Crippen LogP contribution in [-0.2, 0) is 4.74 Å². The highest BCUT2D eigenvalue weighted by molar-refractivity contribution is 5.96. The highest BCUT2D eigenvalue weighted by Crippen LogP contribution is 2.17. The molecule has 1 aliphatic rings. The van der Waals surface area contributed by atoms with Gasteiger partial charge in [-0.2, -0.15) is 0 Å². The van der Waals surface area contributed by atoms with E-state index in [-0.39, 0.29) is 11.4 Å². The average molecular weight is 293 g/mol. The molecule has 0 saturated carbocycles. The average Bonchev–Trinajstić information content (AvgIpc) is 2.53. The van der Waals surface area contributed by atoms with E-state index in [1.807, 2.05) is 0 Å². The van der Waals surface area contributed by atoms with E-state index < -0.39 is 0 Å². The molecule has 6 nitrogen and oxygen atoms in total. The molecule has 0 spiro atoms. The minimum Gasteiger partial charge on any atom is -0.480 e. The monoisotopic (exact) mass is 293 g/mol. The third kappa shape index (κ3) is 3.92. The number of hydrogen-bond acceptors (Lipinski definition) is 5. The zero-order chi connectivity index (χ0) is 15.3. The Morgan fingerprint density at radius 1 is 1.48 bits per heavy atom. The number of amides is 1. The molecule has 0 atom stereocenters. The summed E-state index contributed by atoms with van der Waals surface area (Å²) in [5.74, 6) is 0.181. The molecule has 1 aromatic heterocycles. The molecule has 1 fully saturated rings. The van der Waals surface area contributed by atoms with Crippen molar-refractivity contribution in [3.63, 3.8) is 0 Å². The van der Waals surface area contributed by atoms with E-state index in [0.29, 0.717) is 18.0 Å². The van der Waals surface area contributed by atoms with E-state index in [1.165, 1.54) is 7.11 Å². The van der Waals surface area contributed by atoms with Gasteiger partial charge < -0.3 is 14.8 Å². The number of nitrogens with one attached hydrogen (secondary N) is 1. The number of aromatic nitrogens is 1. The molecule has 0 unspecified atom stereocenters. The van der Waals surface area contributed by atoms with Crippen LogP contribution in [0.3, 0.4) is 0 Å². The fraction of sp³-hybridized carbons (Fsp3) is 0.600. The third-order valence-corrected chi connectivity index (χ3v) is 3.76. The van der Waals surface area contributed by atoms with Crippen molar-refractivity contribution in [2.45, 2.75) is 19.4 Å². The second-order valence-corrected chi connectivity index (χ2v) is 5.65. The second kappa shape index (κ2) is 6.87.